The molecular weight excluding hydrogens is 270 g/mol. The van der Waals surface area contributed by atoms with E-state index in [1.54, 1.807) is 18.9 Å². The molecule has 0 aromatic heterocycles. The highest BCUT2D eigenvalue weighted by atomic mass is 32.2. The third-order valence-electron chi connectivity index (χ3n) is 3.05. The van der Waals surface area contributed by atoms with Crippen molar-refractivity contribution in [3.63, 3.8) is 0 Å². The lowest BCUT2D eigenvalue weighted by Gasteiger charge is -2.29. The van der Waals surface area contributed by atoms with Gasteiger partial charge in [-0.05, 0) is 24.3 Å². The zero-order chi connectivity index (χ0) is 14.8. The summed E-state index contributed by atoms with van der Waals surface area (Å²) in [5.41, 5.74) is 2.21. The lowest BCUT2D eigenvalue weighted by molar-refractivity contribution is 0.415. The van der Waals surface area contributed by atoms with E-state index < -0.39 is 0 Å². The number of nitrogens with zero attached hydrogens (tertiary/aromatic N) is 3. The summed E-state index contributed by atoms with van der Waals surface area (Å²) in [5, 5.41) is 7.42. The van der Waals surface area contributed by atoms with Crippen LogP contribution in [-0.4, -0.2) is 35.8 Å². The number of ether oxygens (including phenoxy) is 1. The number of aliphatic imine (C=N–C) groups is 1. The van der Waals surface area contributed by atoms with Crippen LogP contribution in [0, 0.1) is 5.41 Å². The summed E-state index contributed by atoms with van der Waals surface area (Å²) in [4.78, 5) is 4.63. The van der Waals surface area contributed by atoms with Gasteiger partial charge in [0.2, 0.25) is 0 Å². The maximum atomic E-state index is 5.15. The van der Waals surface area contributed by atoms with Gasteiger partial charge in [0.1, 0.15) is 5.75 Å². The van der Waals surface area contributed by atoms with Gasteiger partial charge in [0, 0.05) is 18.2 Å². The lowest BCUT2D eigenvalue weighted by atomic mass is 9.91. The molecule has 5 heteroatoms. The van der Waals surface area contributed by atoms with Crippen molar-refractivity contribution in [2.75, 3.05) is 19.9 Å². The molecule has 0 unspecified atom stereocenters. The van der Waals surface area contributed by atoms with Crippen LogP contribution in [0.1, 0.15) is 20.8 Å². The number of hydrogen-bond donors (Lipinski definition) is 0. The number of hydrogen-bond acceptors (Lipinski definition) is 4. The van der Waals surface area contributed by atoms with E-state index >= 15 is 0 Å². The summed E-state index contributed by atoms with van der Waals surface area (Å²) in [6.45, 7) is 6.56. The first kappa shape index (κ1) is 14.9. The van der Waals surface area contributed by atoms with Crippen molar-refractivity contribution in [3.8, 4) is 5.75 Å². The third-order valence-corrected chi connectivity index (χ3v) is 4.08. The average molecular weight is 291 g/mol. The first-order chi connectivity index (χ1) is 9.40. The SMILES string of the molecule is COc1ccc(N=C2SCC(C(C)(C)C)=NN2C)cc1. The van der Waals surface area contributed by atoms with E-state index in [1.165, 1.54) is 5.71 Å². The predicted octanol–water partition coefficient (Wildman–Crippen LogP) is 3.76. The van der Waals surface area contributed by atoms with Gasteiger partial charge in [0.25, 0.3) is 0 Å². The summed E-state index contributed by atoms with van der Waals surface area (Å²) in [6.07, 6.45) is 0. The molecule has 0 fully saturated rings. The van der Waals surface area contributed by atoms with Crippen molar-refractivity contribution in [2.24, 2.45) is 15.5 Å². The Labute approximate surface area is 124 Å². The topological polar surface area (TPSA) is 37.2 Å². The minimum absolute atomic E-state index is 0.104. The Bertz CT molecular complexity index is 529. The molecule has 1 aromatic carbocycles. The smallest absolute Gasteiger partial charge is 0.185 e. The largest absolute Gasteiger partial charge is 0.497 e. The minimum Gasteiger partial charge on any atom is -0.497 e. The molecule has 0 aliphatic carbocycles. The zero-order valence-corrected chi connectivity index (χ0v) is 13.5. The quantitative estimate of drug-likeness (QED) is 0.832. The third kappa shape index (κ3) is 3.54. The van der Waals surface area contributed by atoms with E-state index in [4.69, 9.17) is 4.74 Å². The Hall–Kier alpha value is -1.49. The number of methoxy groups -OCH3 is 1. The molecule has 4 nitrogen and oxygen atoms in total. The lowest BCUT2D eigenvalue weighted by Crippen LogP contribution is -2.33. The van der Waals surface area contributed by atoms with Crippen LogP contribution >= 0.6 is 11.8 Å². The molecule has 2 rings (SSSR count). The molecule has 20 heavy (non-hydrogen) atoms. The van der Waals surface area contributed by atoms with Crippen LogP contribution in [0.2, 0.25) is 0 Å². The van der Waals surface area contributed by atoms with Crippen molar-refractivity contribution >= 4 is 28.3 Å². The Kier molecular flexibility index (Phi) is 4.38. The molecule has 1 aliphatic heterocycles. The van der Waals surface area contributed by atoms with Gasteiger partial charge >= 0.3 is 0 Å². The molecule has 108 valence electrons. The van der Waals surface area contributed by atoms with Gasteiger partial charge in [-0.15, -0.1) is 0 Å². The number of amidine groups is 1. The van der Waals surface area contributed by atoms with Crippen molar-refractivity contribution in [2.45, 2.75) is 20.8 Å². The fraction of sp³-hybridized carbons (Fsp3) is 0.467. The van der Waals surface area contributed by atoms with Gasteiger partial charge in [-0.25, -0.2) is 10.0 Å². The van der Waals surface area contributed by atoms with Crippen LogP contribution < -0.4 is 4.74 Å². The van der Waals surface area contributed by atoms with Crippen LogP contribution in [0.5, 0.6) is 5.75 Å². The summed E-state index contributed by atoms with van der Waals surface area (Å²) in [7, 11) is 3.61. The molecular formula is C15H21N3OS. The zero-order valence-electron chi connectivity index (χ0n) is 12.7. The number of rotatable bonds is 2. The van der Waals surface area contributed by atoms with Gasteiger partial charge in [-0.2, -0.15) is 5.10 Å². The van der Waals surface area contributed by atoms with Crippen molar-refractivity contribution < 1.29 is 4.74 Å². The maximum Gasteiger partial charge on any atom is 0.185 e. The second kappa shape index (κ2) is 5.87. The highest BCUT2D eigenvalue weighted by molar-refractivity contribution is 8.14. The second-order valence-corrected chi connectivity index (χ2v) is 6.64. The van der Waals surface area contributed by atoms with Crippen LogP contribution in [0.4, 0.5) is 5.69 Å². The molecule has 1 aliphatic rings. The fourth-order valence-electron chi connectivity index (χ4n) is 1.72. The second-order valence-electron chi connectivity index (χ2n) is 5.70. The van der Waals surface area contributed by atoms with E-state index in [2.05, 4.69) is 30.9 Å². The first-order valence-electron chi connectivity index (χ1n) is 6.57. The molecule has 1 heterocycles. The molecule has 0 bridgehead atoms. The molecule has 0 saturated heterocycles. The van der Waals surface area contributed by atoms with E-state index in [0.717, 1.165) is 22.4 Å². The fourth-order valence-corrected chi connectivity index (χ4v) is 2.87. The molecule has 1 aromatic rings. The summed E-state index contributed by atoms with van der Waals surface area (Å²) >= 11 is 1.72. The maximum absolute atomic E-state index is 5.15. The van der Waals surface area contributed by atoms with E-state index in [-0.39, 0.29) is 5.41 Å². The highest BCUT2D eigenvalue weighted by Crippen LogP contribution is 2.27. The van der Waals surface area contributed by atoms with Gasteiger partial charge < -0.3 is 4.74 Å². The van der Waals surface area contributed by atoms with Crippen molar-refractivity contribution in [3.05, 3.63) is 24.3 Å². The summed E-state index contributed by atoms with van der Waals surface area (Å²) in [5.74, 6) is 1.73. The number of thioether (sulfide) groups is 1. The van der Waals surface area contributed by atoms with Gasteiger partial charge in [0.15, 0.2) is 5.17 Å². The Morgan fingerprint density at radius 2 is 1.90 bits per heavy atom. The Morgan fingerprint density at radius 1 is 1.25 bits per heavy atom. The minimum atomic E-state index is 0.104. The Morgan fingerprint density at radius 3 is 2.40 bits per heavy atom. The van der Waals surface area contributed by atoms with Gasteiger partial charge in [-0.3, -0.25) is 0 Å². The number of benzene rings is 1. The predicted molar refractivity (Wildman–Crippen MR) is 87.2 cm³/mol. The molecule has 0 saturated carbocycles. The van der Waals surface area contributed by atoms with Gasteiger partial charge in [-0.1, -0.05) is 32.5 Å². The van der Waals surface area contributed by atoms with E-state index in [9.17, 15) is 0 Å². The standard InChI is InChI=1S/C15H21N3OS/c1-15(2,3)13-10-20-14(18(4)17-13)16-11-6-8-12(19-5)9-7-11/h6-9H,10H2,1-5H3. The molecule has 0 radical (unpaired) electrons. The molecule has 0 atom stereocenters. The van der Waals surface area contributed by atoms with Crippen molar-refractivity contribution in [1.82, 2.24) is 5.01 Å². The van der Waals surface area contributed by atoms with Crippen LogP contribution in [0.3, 0.4) is 0 Å². The van der Waals surface area contributed by atoms with E-state index in [0.29, 0.717) is 0 Å². The normalized spacial score (nSPS) is 18.1. The Balaban J connectivity index is 2.18. The highest BCUT2D eigenvalue weighted by Gasteiger charge is 2.25. The van der Waals surface area contributed by atoms with E-state index in [1.807, 2.05) is 36.3 Å². The number of hydrazone groups is 1. The monoisotopic (exact) mass is 291 g/mol. The summed E-state index contributed by atoms with van der Waals surface area (Å²) in [6, 6.07) is 7.72. The molecule has 0 N–H and O–H groups in total. The van der Waals surface area contributed by atoms with Gasteiger partial charge in [0.05, 0.1) is 18.5 Å². The van der Waals surface area contributed by atoms with Crippen LogP contribution in [0.25, 0.3) is 0 Å². The molecule has 0 spiro atoms. The van der Waals surface area contributed by atoms with Crippen LogP contribution in [-0.2, 0) is 0 Å². The van der Waals surface area contributed by atoms with Crippen LogP contribution in [0.15, 0.2) is 34.4 Å². The first-order valence-corrected chi connectivity index (χ1v) is 7.56. The average Bonchev–Trinajstić information content (AvgIpc) is 2.41. The summed E-state index contributed by atoms with van der Waals surface area (Å²) < 4.78 is 5.15. The molecule has 0 amide bonds. The van der Waals surface area contributed by atoms with Crippen molar-refractivity contribution in [1.29, 1.82) is 0 Å².